The van der Waals surface area contributed by atoms with Crippen LogP contribution < -0.4 is 10.1 Å². The van der Waals surface area contributed by atoms with E-state index >= 15 is 0 Å². The van der Waals surface area contributed by atoms with Crippen molar-refractivity contribution in [3.05, 3.63) is 41.7 Å². The lowest BCUT2D eigenvalue weighted by molar-refractivity contribution is -0.121. The largest absolute Gasteiger partial charge is 0.490 e. The van der Waals surface area contributed by atoms with E-state index in [9.17, 15) is 22.4 Å². The number of ether oxygens (including phenoxy) is 1. The summed E-state index contributed by atoms with van der Waals surface area (Å²) >= 11 is 0. The number of hydrogen-bond acceptors (Lipinski definition) is 5. The zero-order valence-electron chi connectivity index (χ0n) is 18.6. The van der Waals surface area contributed by atoms with Gasteiger partial charge >= 0.3 is 6.03 Å². The van der Waals surface area contributed by atoms with Crippen LogP contribution in [0.3, 0.4) is 0 Å². The van der Waals surface area contributed by atoms with Gasteiger partial charge in [-0.1, -0.05) is 32.1 Å². The maximum absolute atomic E-state index is 14.1. The molecule has 1 aliphatic heterocycles. The monoisotopic (exact) mass is 466 g/mol. The Bertz CT molecular complexity index is 986. The van der Waals surface area contributed by atoms with Crippen molar-refractivity contribution in [2.45, 2.75) is 44.9 Å². The van der Waals surface area contributed by atoms with Crippen LogP contribution in [0.4, 0.5) is 9.18 Å². The molecule has 1 aliphatic carbocycles. The van der Waals surface area contributed by atoms with Crippen LogP contribution in [0, 0.1) is 11.7 Å². The van der Waals surface area contributed by atoms with Crippen molar-refractivity contribution < 1.29 is 27.1 Å². The average molecular weight is 467 g/mol. The lowest BCUT2D eigenvalue weighted by atomic mass is 9.98. The maximum atomic E-state index is 14.1. The molecule has 1 aromatic carbocycles. The van der Waals surface area contributed by atoms with Gasteiger partial charge in [0.1, 0.15) is 0 Å². The summed E-state index contributed by atoms with van der Waals surface area (Å²) in [5.41, 5.74) is 0.340. The van der Waals surface area contributed by atoms with Gasteiger partial charge in [-0.25, -0.2) is 17.6 Å². The van der Waals surface area contributed by atoms with Gasteiger partial charge in [-0.15, -0.1) is 0 Å². The molecule has 0 bridgehead atoms. The number of urea groups is 1. The Balaban J connectivity index is 1.53. The second-order valence-corrected chi connectivity index (χ2v) is 11.2. The normalized spacial score (nSPS) is 18.3. The van der Waals surface area contributed by atoms with E-state index in [2.05, 4.69) is 5.32 Å². The van der Waals surface area contributed by atoms with E-state index in [-0.39, 0.29) is 35.5 Å². The Morgan fingerprint density at radius 3 is 2.66 bits per heavy atom. The molecule has 2 aliphatic rings. The molecule has 1 aromatic rings. The molecule has 0 radical (unpaired) electrons. The van der Waals surface area contributed by atoms with E-state index in [1.54, 1.807) is 24.3 Å². The van der Waals surface area contributed by atoms with Gasteiger partial charge in [-0.2, -0.15) is 0 Å². The number of carbonyl (C=O) groups excluding carboxylic acids is 2. The Morgan fingerprint density at radius 2 is 2.00 bits per heavy atom. The van der Waals surface area contributed by atoms with Gasteiger partial charge < -0.3 is 9.64 Å². The predicted molar refractivity (Wildman–Crippen MR) is 120 cm³/mol. The molecule has 9 heteroatoms. The molecule has 2 fully saturated rings. The van der Waals surface area contributed by atoms with Crippen LogP contribution in [0.25, 0.3) is 0 Å². The van der Waals surface area contributed by atoms with Crippen molar-refractivity contribution >= 4 is 21.8 Å². The maximum Gasteiger partial charge on any atom is 0.324 e. The summed E-state index contributed by atoms with van der Waals surface area (Å²) in [4.78, 5) is 24.3. The van der Waals surface area contributed by atoms with Crippen LogP contribution in [0.15, 0.2) is 30.4 Å². The Labute approximate surface area is 188 Å². The Hall–Kier alpha value is -2.42. The molecular formula is C23H31FN2O5S. The highest BCUT2D eigenvalue weighted by atomic mass is 32.2. The molecule has 3 rings (SSSR count). The number of rotatable bonds is 11. The minimum Gasteiger partial charge on any atom is -0.490 e. The fourth-order valence-corrected chi connectivity index (χ4v) is 5.64. The van der Waals surface area contributed by atoms with E-state index in [0.717, 1.165) is 18.4 Å². The molecule has 1 N–H and O–H groups in total. The zero-order valence-corrected chi connectivity index (χ0v) is 19.4. The summed E-state index contributed by atoms with van der Waals surface area (Å²) in [5.74, 6) is -0.257. The number of nitrogens with zero attached hydrogens (tertiary/aromatic N) is 1. The number of hydrogen-bond donors (Lipinski definition) is 1. The van der Waals surface area contributed by atoms with Crippen molar-refractivity contribution in [2.75, 3.05) is 31.2 Å². The van der Waals surface area contributed by atoms with Crippen molar-refractivity contribution in [1.82, 2.24) is 10.2 Å². The standard InChI is InChI=1S/C23H31FN2O5S/c1-17(2)15-31-20-14-18(6-7-19(20)24)23(9-10-23)16-32(29,30)13-5-3-4-11-26-12-8-21(27)25-22(26)28/h3-4,6-7,14,17H,5,8-13,15-16H2,1-2H3,(H,25,27,28)/b4-3+. The fourth-order valence-electron chi connectivity index (χ4n) is 3.70. The summed E-state index contributed by atoms with van der Waals surface area (Å²) in [6.07, 6.45) is 5.61. The third-order valence-electron chi connectivity index (χ3n) is 5.70. The predicted octanol–water partition coefficient (Wildman–Crippen LogP) is 3.20. The van der Waals surface area contributed by atoms with Gasteiger partial charge in [0.05, 0.1) is 18.1 Å². The molecule has 0 spiro atoms. The summed E-state index contributed by atoms with van der Waals surface area (Å²) in [7, 11) is -3.32. The molecule has 32 heavy (non-hydrogen) atoms. The number of nitrogens with one attached hydrogen (secondary N) is 1. The Morgan fingerprint density at radius 1 is 1.25 bits per heavy atom. The SMILES string of the molecule is CC(C)COc1cc(C2(CS(=O)(=O)CC/C=C/CN3CCC(=O)NC3=O)CC2)ccc1F. The van der Waals surface area contributed by atoms with Crippen LogP contribution in [-0.2, 0) is 20.0 Å². The van der Waals surface area contributed by atoms with Crippen LogP contribution in [-0.4, -0.2) is 56.5 Å². The summed E-state index contributed by atoms with van der Waals surface area (Å²) in [6.45, 7) is 5.04. The quantitative estimate of drug-likeness (QED) is 0.506. The van der Waals surface area contributed by atoms with Crippen molar-refractivity contribution in [3.63, 3.8) is 0 Å². The smallest absolute Gasteiger partial charge is 0.324 e. The summed E-state index contributed by atoms with van der Waals surface area (Å²) in [5, 5.41) is 2.25. The molecule has 1 saturated carbocycles. The van der Waals surface area contributed by atoms with Gasteiger partial charge in [0.2, 0.25) is 5.91 Å². The first-order valence-electron chi connectivity index (χ1n) is 11.0. The van der Waals surface area contributed by atoms with E-state index < -0.39 is 27.1 Å². The first-order chi connectivity index (χ1) is 15.1. The van der Waals surface area contributed by atoms with Gasteiger partial charge in [-0.3, -0.25) is 10.1 Å². The fraction of sp³-hybridized carbons (Fsp3) is 0.565. The molecule has 176 valence electrons. The van der Waals surface area contributed by atoms with Gasteiger partial charge in [0, 0.05) is 24.9 Å². The number of carbonyl (C=O) groups is 2. The zero-order chi connectivity index (χ0) is 23.4. The highest BCUT2D eigenvalue weighted by Crippen LogP contribution is 2.50. The van der Waals surface area contributed by atoms with Crippen LogP contribution in [0.5, 0.6) is 5.75 Å². The third kappa shape index (κ3) is 6.54. The molecule has 3 amide bonds. The molecule has 0 aromatic heterocycles. The first-order valence-corrected chi connectivity index (χ1v) is 12.8. The topological polar surface area (TPSA) is 92.8 Å². The molecular weight excluding hydrogens is 435 g/mol. The Kier molecular flexibility index (Phi) is 7.59. The second-order valence-electron chi connectivity index (χ2n) is 9.03. The number of amides is 3. The van der Waals surface area contributed by atoms with Crippen molar-refractivity contribution in [3.8, 4) is 5.75 Å². The molecule has 7 nitrogen and oxygen atoms in total. The van der Waals surface area contributed by atoms with E-state index in [1.165, 1.54) is 11.0 Å². The van der Waals surface area contributed by atoms with Crippen LogP contribution >= 0.6 is 0 Å². The molecule has 0 unspecified atom stereocenters. The number of halogens is 1. The minimum absolute atomic E-state index is 0.00777. The highest BCUT2D eigenvalue weighted by molar-refractivity contribution is 7.91. The van der Waals surface area contributed by atoms with E-state index in [4.69, 9.17) is 4.74 Å². The van der Waals surface area contributed by atoms with Crippen LogP contribution in [0.1, 0.15) is 45.1 Å². The van der Waals surface area contributed by atoms with E-state index in [1.807, 2.05) is 13.8 Å². The third-order valence-corrected chi connectivity index (χ3v) is 7.55. The van der Waals surface area contributed by atoms with Crippen molar-refractivity contribution in [2.24, 2.45) is 5.92 Å². The lowest BCUT2D eigenvalue weighted by Crippen LogP contribution is -2.49. The number of imide groups is 1. The summed E-state index contributed by atoms with van der Waals surface area (Å²) in [6, 6.07) is 4.23. The lowest BCUT2D eigenvalue weighted by Gasteiger charge is -2.25. The molecule has 1 heterocycles. The van der Waals surface area contributed by atoms with E-state index in [0.29, 0.717) is 26.1 Å². The van der Waals surface area contributed by atoms with Gasteiger partial charge in [0.25, 0.3) is 0 Å². The molecule has 0 atom stereocenters. The number of benzene rings is 1. The highest BCUT2D eigenvalue weighted by Gasteiger charge is 2.47. The first kappa shape index (κ1) is 24.2. The van der Waals surface area contributed by atoms with Gasteiger partial charge in [-0.05, 0) is 42.9 Å². The van der Waals surface area contributed by atoms with Gasteiger partial charge in [0.15, 0.2) is 21.4 Å². The number of allylic oxidation sites excluding steroid dienone is 1. The second kappa shape index (κ2) is 10.0. The minimum atomic E-state index is -3.32. The van der Waals surface area contributed by atoms with Crippen LogP contribution in [0.2, 0.25) is 0 Å². The van der Waals surface area contributed by atoms with Crippen molar-refractivity contribution in [1.29, 1.82) is 0 Å². The number of sulfone groups is 1. The average Bonchev–Trinajstić information content (AvgIpc) is 3.48. The molecule has 1 saturated heterocycles. The summed E-state index contributed by atoms with van der Waals surface area (Å²) < 4.78 is 45.1.